The topological polar surface area (TPSA) is 61.0 Å². The zero-order valence-corrected chi connectivity index (χ0v) is 15.5. The molecule has 1 aromatic heterocycles. The Hall–Kier alpha value is -1.85. The van der Waals surface area contributed by atoms with Crippen molar-refractivity contribution in [3.05, 3.63) is 42.1 Å². The fourth-order valence-electron chi connectivity index (χ4n) is 3.24. The number of aromatic amines is 1. The van der Waals surface area contributed by atoms with Gasteiger partial charge in [-0.05, 0) is 38.3 Å². The summed E-state index contributed by atoms with van der Waals surface area (Å²) >= 11 is 0. The highest BCUT2D eigenvalue weighted by molar-refractivity contribution is 5.85. The molecule has 0 saturated carbocycles. The first-order valence-electron chi connectivity index (χ1n) is 8.79. The van der Waals surface area contributed by atoms with Crippen LogP contribution in [0.5, 0.6) is 0 Å². The summed E-state index contributed by atoms with van der Waals surface area (Å²) in [6, 6.07) is 12.3. The van der Waals surface area contributed by atoms with Crippen molar-refractivity contribution in [3.63, 3.8) is 0 Å². The summed E-state index contributed by atoms with van der Waals surface area (Å²) in [6.45, 7) is 2.65. The minimum atomic E-state index is 0. The molecular formula is C19H27ClN4O. The van der Waals surface area contributed by atoms with Gasteiger partial charge in [0, 0.05) is 31.4 Å². The molecule has 25 heavy (non-hydrogen) atoms. The van der Waals surface area contributed by atoms with Gasteiger partial charge in [-0.25, -0.2) is 0 Å². The summed E-state index contributed by atoms with van der Waals surface area (Å²) in [6.07, 6.45) is 3.96. The molecule has 3 rings (SSSR count). The van der Waals surface area contributed by atoms with Crippen LogP contribution in [0.25, 0.3) is 11.3 Å². The van der Waals surface area contributed by atoms with E-state index in [1.807, 2.05) is 30.1 Å². The Bertz CT molecular complexity index is 652. The van der Waals surface area contributed by atoms with Crippen molar-refractivity contribution in [2.24, 2.45) is 5.92 Å². The summed E-state index contributed by atoms with van der Waals surface area (Å²) in [5.74, 6) is 0.428. The van der Waals surface area contributed by atoms with E-state index in [4.69, 9.17) is 0 Å². The number of aromatic nitrogens is 2. The molecule has 0 spiro atoms. The lowest BCUT2D eigenvalue weighted by atomic mass is 9.98. The first-order valence-corrected chi connectivity index (χ1v) is 8.79. The molecule has 0 radical (unpaired) electrons. The highest BCUT2D eigenvalue weighted by Crippen LogP contribution is 2.18. The fraction of sp³-hybridized carbons (Fsp3) is 0.474. The van der Waals surface area contributed by atoms with Crippen molar-refractivity contribution in [2.75, 3.05) is 26.7 Å². The van der Waals surface area contributed by atoms with E-state index >= 15 is 0 Å². The monoisotopic (exact) mass is 362 g/mol. The average molecular weight is 363 g/mol. The zero-order chi connectivity index (χ0) is 16.8. The summed E-state index contributed by atoms with van der Waals surface area (Å²) in [7, 11) is 1.92. The molecule has 5 nitrogen and oxygen atoms in total. The van der Waals surface area contributed by atoms with E-state index in [-0.39, 0.29) is 24.2 Å². The van der Waals surface area contributed by atoms with Crippen LogP contribution in [0.3, 0.4) is 0 Å². The van der Waals surface area contributed by atoms with Crippen molar-refractivity contribution in [1.82, 2.24) is 20.4 Å². The van der Waals surface area contributed by atoms with E-state index in [2.05, 4.69) is 33.7 Å². The smallest absolute Gasteiger partial charge is 0.226 e. The number of hydrogen-bond acceptors (Lipinski definition) is 3. The number of carbonyl (C=O) groups is 1. The Labute approximate surface area is 155 Å². The summed E-state index contributed by atoms with van der Waals surface area (Å²) in [5, 5.41) is 10.8. The van der Waals surface area contributed by atoms with Gasteiger partial charge in [0.1, 0.15) is 0 Å². The van der Waals surface area contributed by atoms with Gasteiger partial charge >= 0.3 is 0 Å². The molecule has 2 heterocycles. The third-order valence-electron chi connectivity index (χ3n) is 4.66. The number of H-pyrrole nitrogens is 1. The standard InChI is InChI=1S/C19H26N4O.ClH/c1-23(19(24)16-9-5-11-20-14-16)12-6-10-17-13-18(22-21-17)15-7-3-2-4-8-15;/h2-4,7-8,13,16,20H,5-6,9-12,14H2,1H3,(H,21,22);1H. The molecule has 6 heteroatoms. The van der Waals surface area contributed by atoms with Gasteiger partial charge in [-0.3, -0.25) is 9.89 Å². The van der Waals surface area contributed by atoms with Crippen LogP contribution in [-0.2, 0) is 11.2 Å². The quantitative estimate of drug-likeness (QED) is 0.830. The summed E-state index contributed by atoms with van der Waals surface area (Å²) in [5.41, 5.74) is 3.22. The van der Waals surface area contributed by atoms with Gasteiger partial charge < -0.3 is 10.2 Å². The number of amides is 1. The van der Waals surface area contributed by atoms with Crippen LogP contribution >= 0.6 is 12.4 Å². The normalized spacial score (nSPS) is 16.9. The van der Waals surface area contributed by atoms with Crippen molar-refractivity contribution < 1.29 is 4.79 Å². The largest absolute Gasteiger partial charge is 0.345 e. The van der Waals surface area contributed by atoms with E-state index in [1.165, 1.54) is 0 Å². The second-order valence-electron chi connectivity index (χ2n) is 6.55. The molecule has 2 aromatic rings. The highest BCUT2D eigenvalue weighted by Gasteiger charge is 2.23. The van der Waals surface area contributed by atoms with Gasteiger partial charge in [0.25, 0.3) is 0 Å². The number of nitrogens with one attached hydrogen (secondary N) is 2. The van der Waals surface area contributed by atoms with Crippen LogP contribution in [-0.4, -0.2) is 47.7 Å². The van der Waals surface area contributed by atoms with E-state index in [1.54, 1.807) is 0 Å². The first-order chi connectivity index (χ1) is 11.7. The molecule has 1 aliphatic rings. The van der Waals surface area contributed by atoms with Gasteiger partial charge in [0.15, 0.2) is 0 Å². The molecular weight excluding hydrogens is 336 g/mol. The predicted molar refractivity (Wildman–Crippen MR) is 103 cm³/mol. The van der Waals surface area contributed by atoms with Crippen LogP contribution in [0.15, 0.2) is 36.4 Å². The number of benzene rings is 1. The molecule has 1 saturated heterocycles. The molecule has 2 N–H and O–H groups in total. The van der Waals surface area contributed by atoms with Gasteiger partial charge in [-0.2, -0.15) is 5.10 Å². The maximum absolute atomic E-state index is 12.4. The average Bonchev–Trinajstić information content (AvgIpc) is 3.11. The van der Waals surface area contributed by atoms with Crippen LogP contribution in [0, 0.1) is 5.92 Å². The Morgan fingerprint density at radius 2 is 2.12 bits per heavy atom. The number of piperidine rings is 1. The van der Waals surface area contributed by atoms with Gasteiger partial charge in [-0.1, -0.05) is 30.3 Å². The molecule has 0 bridgehead atoms. The maximum atomic E-state index is 12.4. The Kier molecular flexibility index (Phi) is 7.47. The van der Waals surface area contributed by atoms with Gasteiger partial charge in [-0.15, -0.1) is 12.4 Å². The summed E-state index contributed by atoms with van der Waals surface area (Å²) in [4.78, 5) is 14.3. The Morgan fingerprint density at radius 3 is 2.84 bits per heavy atom. The minimum absolute atomic E-state index is 0. The zero-order valence-electron chi connectivity index (χ0n) is 14.7. The molecule has 1 amide bonds. The van der Waals surface area contributed by atoms with Crippen LogP contribution in [0.4, 0.5) is 0 Å². The third-order valence-corrected chi connectivity index (χ3v) is 4.66. The van der Waals surface area contributed by atoms with E-state index in [9.17, 15) is 4.79 Å². The molecule has 1 aliphatic heterocycles. The minimum Gasteiger partial charge on any atom is -0.345 e. The van der Waals surface area contributed by atoms with Crippen molar-refractivity contribution in [2.45, 2.75) is 25.7 Å². The van der Waals surface area contributed by atoms with E-state index < -0.39 is 0 Å². The Balaban J connectivity index is 0.00000225. The SMILES string of the molecule is CN(CCCc1cc(-c2ccccc2)n[nH]1)C(=O)C1CCCNC1.Cl. The molecule has 1 fully saturated rings. The van der Waals surface area contributed by atoms with E-state index in [0.717, 1.165) is 62.3 Å². The number of rotatable bonds is 6. The summed E-state index contributed by atoms with van der Waals surface area (Å²) < 4.78 is 0. The molecule has 1 unspecified atom stereocenters. The van der Waals surface area contributed by atoms with Crippen LogP contribution in [0.1, 0.15) is 25.0 Å². The van der Waals surface area contributed by atoms with Crippen LogP contribution in [0.2, 0.25) is 0 Å². The number of halogens is 1. The predicted octanol–water partition coefficient (Wildman–Crippen LogP) is 2.89. The van der Waals surface area contributed by atoms with E-state index in [0.29, 0.717) is 0 Å². The number of aryl methyl sites for hydroxylation is 1. The lowest BCUT2D eigenvalue weighted by Gasteiger charge is -2.27. The lowest BCUT2D eigenvalue weighted by Crippen LogP contribution is -2.41. The van der Waals surface area contributed by atoms with Crippen molar-refractivity contribution in [3.8, 4) is 11.3 Å². The van der Waals surface area contributed by atoms with Crippen molar-refractivity contribution >= 4 is 18.3 Å². The molecule has 136 valence electrons. The van der Waals surface area contributed by atoms with Crippen LogP contribution < -0.4 is 5.32 Å². The number of carbonyl (C=O) groups excluding carboxylic acids is 1. The first kappa shape index (κ1) is 19.5. The number of hydrogen-bond donors (Lipinski definition) is 2. The molecule has 1 aromatic carbocycles. The highest BCUT2D eigenvalue weighted by atomic mass is 35.5. The van der Waals surface area contributed by atoms with Gasteiger partial charge in [0.2, 0.25) is 5.91 Å². The fourth-order valence-corrected chi connectivity index (χ4v) is 3.24. The van der Waals surface area contributed by atoms with Gasteiger partial charge in [0.05, 0.1) is 11.6 Å². The van der Waals surface area contributed by atoms with Crippen molar-refractivity contribution in [1.29, 1.82) is 0 Å². The number of nitrogens with zero attached hydrogens (tertiary/aromatic N) is 2. The second-order valence-corrected chi connectivity index (χ2v) is 6.55. The second kappa shape index (κ2) is 9.59. The lowest BCUT2D eigenvalue weighted by molar-refractivity contribution is -0.134. The molecule has 0 aliphatic carbocycles. The Morgan fingerprint density at radius 1 is 1.32 bits per heavy atom. The molecule has 1 atom stereocenters. The third kappa shape index (κ3) is 5.31. The maximum Gasteiger partial charge on any atom is 0.226 e.